The molecule has 0 aliphatic heterocycles. The lowest BCUT2D eigenvalue weighted by atomic mass is 10.2. The summed E-state index contributed by atoms with van der Waals surface area (Å²) >= 11 is 0. The van der Waals surface area contributed by atoms with E-state index in [-0.39, 0.29) is 0 Å². The van der Waals surface area contributed by atoms with Gasteiger partial charge < -0.3 is 0 Å². The standard InChI is InChI=1S/C19H20Si/c1-15-13-19(14-16(15)2)20(17-9-5-3-6-10-17)18-11-7-4-8-12-18/h3-13,20H,14H2,1-2H3. The molecule has 0 atom stereocenters. The van der Waals surface area contributed by atoms with Crippen LogP contribution >= 0.6 is 0 Å². The van der Waals surface area contributed by atoms with Gasteiger partial charge in [0.15, 0.2) is 0 Å². The van der Waals surface area contributed by atoms with Gasteiger partial charge in [0.25, 0.3) is 0 Å². The molecule has 0 N–H and O–H groups in total. The third-order valence-corrected chi connectivity index (χ3v) is 7.40. The van der Waals surface area contributed by atoms with E-state index in [4.69, 9.17) is 0 Å². The van der Waals surface area contributed by atoms with Gasteiger partial charge in [-0.25, -0.2) is 0 Å². The Bertz CT molecular complexity index is 611. The lowest BCUT2D eigenvalue weighted by molar-refractivity contribution is 1.20. The van der Waals surface area contributed by atoms with E-state index in [2.05, 4.69) is 80.6 Å². The molecule has 0 aromatic heterocycles. The third kappa shape index (κ3) is 2.54. The van der Waals surface area contributed by atoms with Crippen LogP contribution in [0.2, 0.25) is 0 Å². The molecule has 0 fully saturated rings. The summed E-state index contributed by atoms with van der Waals surface area (Å²) in [7, 11) is -1.26. The second-order valence-electron chi connectivity index (χ2n) is 5.61. The summed E-state index contributed by atoms with van der Waals surface area (Å²) in [5.74, 6) is 0. The first-order chi connectivity index (χ1) is 9.75. The van der Waals surface area contributed by atoms with Crippen molar-refractivity contribution >= 4 is 19.2 Å². The number of hydrogen-bond donors (Lipinski definition) is 0. The molecule has 0 nitrogen and oxygen atoms in total. The van der Waals surface area contributed by atoms with Crippen LogP contribution < -0.4 is 10.4 Å². The van der Waals surface area contributed by atoms with E-state index in [1.54, 1.807) is 5.20 Å². The zero-order valence-corrected chi connectivity index (χ0v) is 13.3. The van der Waals surface area contributed by atoms with Gasteiger partial charge in [0.05, 0.1) is 0 Å². The van der Waals surface area contributed by atoms with E-state index >= 15 is 0 Å². The Morgan fingerprint density at radius 3 is 1.65 bits per heavy atom. The van der Waals surface area contributed by atoms with Gasteiger partial charge >= 0.3 is 0 Å². The summed E-state index contributed by atoms with van der Waals surface area (Å²) in [5.41, 5.74) is 2.99. The summed E-state index contributed by atoms with van der Waals surface area (Å²) in [6.07, 6.45) is 3.60. The molecule has 2 aromatic rings. The fourth-order valence-electron chi connectivity index (χ4n) is 2.99. The maximum Gasteiger partial charge on any atom is 0.128 e. The van der Waals surface area contributed by atoms with Crippen LogP contribution in [0.5, 0.6) is 0 Å². The minimum Gasteiger partial charge on any atom is -0.0701 e. The highest BCUT2D eigenvalue weighted by molar-refractivity contribution is 6.91. The van der Waals surface area contributed by atoms with Crippen molar-refractivity contribution in [3.8, 4) is 0 Å². The molecule has 0 saturated heterocycles. The number of hydrogen-bond acceptors (Lipinski definition) is 0. The van der Waals surface area contributed by atoms with Crippen molar-refractivity contribution in [2.45, 2.75) is 20.3 Å². The molecule has 1 heteroatoms. The normalized spacial score (nSPS) is 14.8. The lowest BCUT2D eigenvalue weighted by Crippen LogP contribution is -2.43. The van der Waals surface area contributed by atoms with E-state index in [0.717, 1.165) is 6.42 Å². The molecule has 3 rings (SSSR count). The average Bonchev–Trinajstić information content (AvgIpc) is 2.81. The first-order valence-electron chi connectivity index (χ1n) is 7.22. The monoisotopic (exact) mass is 276 g/mol. The minimum absolute atomic E-state index is 1.16. The third-order valence-electron chi connectivity index (χ3n) is 4.18. The van der Waals surface area contributed by atoms with Gasteiger partial charge in [0, 0.05) is 0 Å². The Morgan fingerprint density at radius 1 is 0.750 bits per heavy atom. The Morgan fingerprint density at radius 2 is 1.25 bits per heavy atom. The Labute approximate surface area is 123 Å². The van der Waals surface area contributed by atoms with Crippen LogP contribution in [0.15, 0.2) is 83.1 Å². The molecule has 1 aliphatic carbocycles. The molecule has 20 heavy (non-hydrogen) atoms. The summed E-state index contributed by atoms with van der Waals surface area (Å²) in [6.45, 7) is 4.50. The smallest absolute Gasteiger partial charge is 0.0701 e. The van der Waals surface area contributed by atoms with E-state index in [0.29, 0.717) is 0 Å². The van der Waals surface area contributed by atoms with Crippen LogP contribution in [0.25, 0.3) is 0 Å². The van der Waals surface area contributed by atoms with Crippen molar-refractivity contribution in [3.63, 3.8) is 0 Å². The van der Waals surface area contributed by atoms with Crippen LogP contribution in [-0.2, 0) is 0 Å². The van der Waals surface area contributed by atoms with Gasteiger partial charge in [-0.15, -0.1) is 0 Å². The second-order valence-corrected chi connectivity index (χ2v) is 8.55. The largest absolute Gasteiger partial charge is 0.128 e. The van der Waals surface area contributed by atoms with Crippen molar-refractivity contribution < 1.29 is 0 Å². The molecule has 0 bridgehead atoms. The van der Waals surface area contributed by atoms with Gasteiger partial charge in [0.1, 0.15) is 8.80 Å². The van der Waals surface area contributed by atoms with E-state index < -0.39 is 8.80 Å². The Kier molecular flexibility index (Phi) is 3.70. The van der Waals surface area contributed by atoms with Crippen molar-refractivity contribution in [1.29, 1.82) is 0 Å². The SMILES string of the molecule is CC1=C(C)CC([SiH](c2ccccc2)c2ccccc2)=C1. The van der Waals surface area contributed by atoms with Gasteiger partial charge in [0.2, 0.25) is 0 Å². The lowest BCUT2D eigenvalue weighted by Gasteiger charge is -2.18. The van der Waals surface area contributed by atoms with Gasteiger partial charge in [-0.05, 0) is 20.3 Å². The Balaban J connectivity index is 2.05. The summed E-state index contributed by atoms with van der Waals surface area (Å²) in [5, 5.41) is 4.69. The van der Waals surface area contributed by atoms with Gasteiger partial charge in [-0.3, -0.25) is 0 Å². The molecule has 0 saturated carbocycles. The quantitative estimate of drug-likeness (QED) is 0.755. The highest BCUT2D eigenvalue weighted by Gasteiger charge is 2.23. The van der Waals surface area contributed by atoms with Crippen LogP contribution in [0.1, 0.15) is 20.3 Å². The molecule has 0 heterocycles. The molecule has 2 aromatic carbocycles. The van der Waals surface area contributed by atoms with Crippen LogP contribution in [0.3, 0.4) is 0 Å². The molecular formula is C19H20Si. The topological polar surface area (TPSA) is 0 Å². The minimum atomic E-state index is -1.26. The molecule has 1 aliphatic rings. The zero-order chi connectivity index (χ0) is 13.9. The molecule has 0 radical (unpaired) electrons. The average molecular weight is 276 g/mol. The van der Waals surface area contributed by atoms with Crippen molar-refractivity contribution in [2.75, 3.05) is 0 Å². The predicted octanol–water partition coefficient (Wildman–Crippen LogP) is 3.23. The molecular weight excluding hydrogens is 256 g/mol. The van der Waals surface area contributed by atoms with Gasteiger partial charge in [-0.1, -0.05) is 93.5 Å². The molecule has 100 valence electrons. The molecule has 0 unspecified atom stereocenters. The zero-order valence-electron chi connectivity index (χ0n) is 12.1. The second kappa shape index (κ2) is 5.64. The summed E-state index contributed by atoms with van der Waals surface area (Å²) in [4.78, 5) is 0. The highest BCUT2D eigenvalue weighted by atomic mass is 28.3. The van der Waals surface area contributed by atoms with Crippen molar-refractivity contribution in [1.82, 2.24) is 0 Å². The summed E-state index contributed by atoms with van der Waals surface area (Å²) < 4.78 is 0. The maximum absolute atomic E-state index is 2.44. The molecule has 0 amide bonds. The number of allylic oxidation sites excluding steroid dienone is 4. The van der Waals surface area contributed by atoms with E-state index in [1.165, 1.54) is 21.5 Å². The van der Waals surface area contributed by atoms with Crippen LogP contribution in [-0.4, -0.2) is 8.80 Å². The van der Waals surface area contributed by atoms with Crippen molar-refractivity contribution in [2.24, 2.45) is 0 Å². The fourth-order valence-corrected chi connectivity index (χ4v) is 6.38. The van der Waals surface area contributed by atoms with E-state index in [1.807, 2.05) is 0 Å². The predicted molar refractivity (Wildman–Crippen MR) is 90.4 cm³/mol. The van der Waals surface area contributed by atoms with Crippen molar-refractivity contribution in [3.05, 3.63) is 83.1 Å². The Hall–Kier alpha value is -1.86. The van der Waals surface area contributed by atoms with E-state index in [9.17, 15) is 0 Å². The number of rotatable bonds is 3. The molecule has 0 spiro atoms. The van der Waals surface area contributed by atoms with Crippen LogP contribution in [0.4, 0.5) is 0 Å². The van der Waals surface area contributed by atoms with Crippen LogP contribution in [0, 0.1) is 0 Å². The maximum atomic E-state index is 2.44. The first kappa shape index (κ1) is 13.1. The number of benzene rings is 2. The first-order valence-corrected chi connectivity index (χ1v) is 8.95. The fraction of sp³-hybridized carbons (Fsp3) is 0.158. The van der Waals surface area contributed by atoms with Gasteiger partial charge in [-0.2, -0.15) is 0 Å². The highest BCUT2D eigenvalue weighted by Crippen LogP contribution is 2.26. The summed E-state index contributed by atoms with van der Waals surface area (Å²) in [6, 6.07) is 22.1.